The Morgan fingerprint density at radius 2 is 1.34 bits per heavy atom. The summed E-state index contributed by atoms with van der Waals surface area (Å²) in [4.78, 5) is -1.00. The zero-order chi connectivity index (χ0) is 27.5. The molecule has 198 valence electrons. The summed E-state index contributed by atoms with van der Waals surface area (Å²) >= 11 is 0.580. The first-order valence-corrected chi connectivity index (χ1v) is 14.3. The minimum absolute atomic E-state index is 0.129. The van der Waals surface area contributed by atoms with E-state index in [9.17, 15) is 26.5 Å². The molecule has 0 atom stereocenters. The SMILES string of the molecule is Cc1ccc(S(=O)(=O)c2ccc(Oc3ccc(-c4ccc(O)cc4)cc3)c(S(=O)(=O)O)c2)cc1SOOO. The zero-order valence-corrected chi connectivity index (χ0v) is 22.0. The maximum Gasteiger partial charge on any atom is 0.298 e. The minimum atomic E-state index is -4.88. The summed E-state index contributed by atoms with van der Waals surface area (Å²) in [5.41, 5.74) is 2.26. The predicted octanol–water partition coefficient (Wildman–Crippen LogP) is 5.67. The molecule has 4 aromatic rings. The highest BCUT2D eigenvalue weighted by atomic mass is 32.2. The number of phenols is 1. The summed E-state index contributed by atoms with van der Waals surface area (Å²) in [6.45, 7) is 1.68. The minimum Gasteiger partial charge on any atom is -0.508 e. The van der Waals surface area contributed by atoms with E-state index in [1.165, 1.54) is 18.2 Å². The van der Waals surface area contributed by atoms with Crippen molar-refractivity contribution in [3.05, 3.63) is 90.5 Å². The fourth-order valence-corrected chi connectivity index (χ4v) is 6.04. The van der Waals surface area contributed by atoms with Crippen molar-refractivity contribution >= 4 is 32.0 Å². The first-order chi connectivity index (χ1) is 18.0. The standard InChI is InChI=1S/C25H20O10S3/c1-16-2-11-21(14-24(16)36-35-34-27)37(28,29)22-12-13-23(25(15-22)38(30,31)32)33-20-9-5-18(6-10-20)17-3-7-19(26)8-4-17/h2-15,26-27H,1H3,(H,30,31,32). The van der Waals surface area contributed by atoms with Crippen LogP contribution < -0.4 is 4.74 Å². The van der Waals surface area contributed by atoms with Gasteiger partial charge in [-0.1, -0.05) is 35.4 Å². The van der Waals surface area contributed by atoms with E-state index in [2.05, 4.69) is 9.37 Å². The summed E-state index contributed by atoms with van der Waals surface area (Å²) in [5, 5.41) is 21.4. The van der Waals surface area contributed by atoms with Gasteiger partial charge in [0.2, 0.25) is 9.84 Å². The molecule has 0 fully saturated rings. The van der Waals surface area contributed by atoms with Gasteiger partial charge in [-0.25, -0.2) is 13.7 Å². The molecule has 0 aliphatic carbocycles. The van der Waals surface area contributed by atoms with Crippen LogP contribution in [0.4, 0.5) is 0 Å². The average molecular weight is 577 g/mol. The van der Waals surface area contributed by atoms with Crippen molar-refractivity contribution in [2.45, 2.75) is 26.5 Å². The highest BCUT2D eigenvalue weighted by Crippen LogP contribution is 2.35. The lowest BCUT2D eigenvalue weighted by atomic mass is 10.1. The summed E-state index contributed by atoms with van der Waals surface area (Å²) < 4.78 is 70.7. The van der Waals surface area contributed by atoms with E-state index in [0.29, 0.717) is 22.5 Å². The highest BCUT2D eigenvalue weighted by Gasteiger charge is 2.25. The van der Waals surface area contributed by atoms with Crippen LogP contribution in [-0.2, 0) is 29.3 Å². The van der Waals surface area contributed by atoms with E-state index in [-0.39, 0.29) is 22.1 Å². The molecule has 0 heterocycles. The molecule has 3 N–H and O–H groups in total. The van der Waals surface area contributed by atoms with Gasteiger partial charge >= 0.3 is 0 Å². The molecule has 0 radical (unpaired) electrons. The number of sulfone groups is 1. The van der Waals surface area contributed by atoms with Crippen molar-refractivity contribution in [2.75, 3.05) is 0 Å². The van der Waals surface area contributed by atoms with Gasteiger partial charge in [0.15, 0.2) is 0 Å². The maximum atomic E-state index is 13.2. The van der Waals surface area contributed by atoms with Crippen LogP contribution in [0.15, 0.2) is 105 Å². The Kier molecular flexibility index (Phi) is 8.08. The van der Waals surface area contributed by atoms with Gasteiger partial charge in [-0.2, -0.15) is 8.42 Å². The summed E-state index contributed by atoms with van der Waals surface area (Å²) in [6.07, 6.45) is 0. The topological polar surface area (TPSA) is 157 Å². The number of hydrogen-bond acceptors (Lipinski definition) is 10. The van der Waals surface area contributed by atoms with Gasteiger partial charge < -0.3 is 9.84 Å². The lowest BCUT2D eigenvalue weighted by Gasteiger charge is -2.13. The molecule has 0 unspecified atom stereocenters. The lowest BCUT2D eigenvalue weighted by Crippen LogP contribution is -2.07. The fraction of sp³-hybridized carbons (Fsp3) is 0.0400. The van der Waals surface area contributed by atoms with Crippen molar-refractivity contribution in [3.63, 3.8) is 0 Å². The lowest BCUT2D eigenvalue weighted by molar-refractivity contribution is -0.432. The van der Waals surface area contributed by atoms with Gasteiger partial charge in [0.05, 0.1) is 21.8 Å². The van der Waals surface area contributed by atoms with Gasteiger partial charge in [-0.3, -0.25) is 4.55 Å². The number of aromatic hydroxyl groups is 1. The molecule has 4 rings (SSSR count). The molecule has 0 spiro atoms. The van der Waals surface area contributed by atoms with Gasteiger partial charge in [0.25, 0.3) is 10.1 Å². The Bertz CT molecular complexity index is 1670. The number of benzene rings is 4. The number of aryl methyl sites for hydroxylation is 1. The molecule has 0 saturated carbocycles. The quantitative estimate of drug-likeness (QED) is 0.0976. The third-order valence-electron chi connectivity index (χ3n) is 5.41. The molecule has 38 heavy (non-hydrogen) atoms. The molecular weight excluding hydrogens is 556 g/mol. The van der Waals surface area contributed by atoms with Crippen LogP contribution in [-0.4, -0.2) is 31.8 Å². The third kappa shape index (κ3) is 6.16. The van der Waals surface area contributed by atoms with Gasteiger partial charge in [0.1, 0.15) is 22.1 Å². The van der Waals surface area contributed by atoms with Crippen LogP contribution in [0.2, 0.25) is 0 Å². The Morgan fingerprint density at radius 1 is 0.763 bits per heavy atom. The van der Waals surface area contributed by atoms with Crippen LogP contribution in [0.5, 0.6) is 17.2 Å². The number of rotatable bonds is 9. The number of hydrogen-bond donors (Lipinski definition) is 3. The second-order valence-electron chi connectivity index (χ2n) is 7.91. The van der Waals surface area contributed by atoms with E-state index in [4.69, 9.17) is 9.99 Å². The Hall–Kier alpha value is -3.43. The molecule has 0 aliphatic heterocycles. The van der Waals surface area contributed by atoms with Gasteiger partial charge in [0, 0.05) is 4.90 Å². The maximum absolute atomic E-state index is 13.2. The van der Waals surface area contributed by atoms with E-state index in [1.807, 2.05) is 0 Å². The molecule has 4 aromatic carbocycles. The molecule has 0 amide bonds. The largest absolute Gasteiger partial charge is 0.508 e. The van der Waals surface area contributed by atoms with Crippen LogP contribution in [0, 0.1) is 6.92 Å². The molecule has 0 aliphatic rings. The highest BCUT2D eigenvalue weighted by molar-refractivity contribution is 7.94. The van der Waals surface area contributed by atoms with Crippen molar-refractivity contribution < 1.29 is 45.9 Å². The zero-order valence-electron chi connectivity index (χ0n) is 19.5. The van der Waals surface area contributed by atoms with Crippen molar-refractivity contribution in [1.29, 1.82) is 0 Å². The molecule has 10 nitrogen and oxygen atoms in total. The van der Waals surface area contributed by atoms with Gasteiger partial charge in [-0.15, -0.1) is 4.33 Å². The molecular formula is C25H20O10S3. The fourth-order valence-electron chi connectivity index (χ4n) is 3.46. The Balaban J connectivity index is 1.66. The van der Waals surface area contributed by atoms with Crippen LogP contribution in [0.3, 0.4) is 0 Å². The average Bonchev–Trinajstić information content (AvgIpc) is 2.88. The monoisotopic (exact) mass is 576 g/mol. The number of phenolic OH excluding ortho intramolecular Hbond substituents is 1. The first-order valence-electron chi connectivity index (χ1n) is 10.7. The predicted molar refractivity (Wildman–Crippen MR) is 137 cm³/mol. The van der Waals surface area contributed by atoms with E-state index in [1.54, 1.807) is 55.5 Å². The van der Waals surface area contributed by atoms with Crippen LogP contribution in [0.25, 0.3) is 11.1 Å². The van der Waals surface area contributed by atoms with E-state index in [0.717, 1.165) is 29.3 Å². The first kappa shape index (κ1) is 27.6. The number of ether oxygens (including phenoxy) is 1. The Morgan fingerprint density at radius 3 is 1.95 bits per heavy atom. The van der Waals surface area contributed by atoms with Crippen molar-refractivity contribution in [1.82, 2.24) is 0 Å². The second kappa shape index (κ2) is 11.1. The summed E-state index contributed by atoms with van der Waals surface area (Å²) in [5.74, 6) is 0.0840. The molecule has 0 saturated heterocycles. The second-order valence-corrected chi connectivity index (χ2v) is 12.0. The van der Waals surface area contributed by atoms with E-state index >= 15 is 0 Å². The molecule has 13 heteroatoms. The molecule has 0 aromatic heterocycles. The van der Waals surface area contributed by atoms with E-state index < -0.39 is 29.7 Å². The third-order valence-corrected chi connectivity index (χ3v) is 8.78. The smallest absolute Gasteiger partial charge is 0.298 e. The normalized spacial score (nSPS) is 11.9. The van der Waals surface area contributed by atoms with Crippen LogP contribution >= 0.6 is 12.0 Å². The molecule has 0 bridgehead atoms. The van der Waals surface area contributed by atoms with Crippen molar-refractivity contribution in [3.8, 4) is 28.4 Å². The van der Waals surface area contributed by atoms with Gasteiger partial charge in [-0.05, 0) is 78.2 Å². The Labute approximate surface area is 222 Å². The summed E-state index contributed by atoms with van der Waals surface area (Å²) in [7, 11) is -9.12. The van der Waals surface area contributed by atoms with Crippen molar-refractivity contribution in [2.24, 2.45) is 0 Å². The summed E-state index contributed by atoms with van der Waals surface area (Å²) in [6, 6.07) is 20.3. The van der Waals surface area contributed by atoms with Crippen LogP contribution in [0.1, 0.15) is 5.56 Å².